The van der Waals surface area contributed by atoms with Crippen molar-refractivity contribution in [2.45, 2.75) is 57.5 Å². The quantitative estimate of drug-likeness (QED) is 0.629. The van der Waals surface area contributed by atoms with E-state index in [4.69, 9.17) is 4.43 Å². The highest BCUT2D eigenvalue weighted by Crippen LogP contribution is 2.39. The van der Waals surface area contributed by atoms with E-state index >= 15 is 0 Å². The first kappa shape index (κ1) is 22.2. The van der Waals surface area contributed by atoms with Crippen LogP contribution in [0.15, 0.2) is 60.7 Å². The molecule has 0 amide bonds. The van der Waals surface area contributed by atoms with Crippen LogP contribution in [0, 0.1) is 5.92 Å². The van der Waals surface area contributed by atoms with Gasteiger partial charge in [0, 0.05) is 31.5 Å². The molecular weight excluding hydrogens is 374 g/mol. The summed E-state index contributed by atoms with van der Waals surface area (Å²) in [7, 11) is -1.87. The van der Waals surface area contributed by atoms with Gasteiger partial charge in [0.25, 0.3) is 0 Å². The summed E-state index contributed by atoms with van der Waals surface area (Å²) >= 11 is 0. The zero-order valence-electron chi connectivity index (χ0n) is 18.6. The lowest BCUT2D eigenvalue weighted by Crippen LogP contribution is -2.44. The number of aliphatic hydroxyl groups is 1. The molecule has 1 N–H and O–H groups in total. The molecule has 3 atom stereocenters. The Morgan fingerprint density at radius 1 is 1.00 bits per heavy atom. The Labute approximate surface area is 177 Å². The normalized spacial score (nSPS) is 22.0. The summed E-state index contributed by atoms with van der Waals surface area (Å²) in [6.07, 6.45) is -0.449. The smallest absolute Gasteiger partial charge is 0.192 e. The monoisotopic (exact) mass is 411 g/mol. The molecule has 0 aliphatic carbocycles. The van der Waals surface area contributed by atoms with Crippen LogP contribution >= 0.6 is 0 Å². The van der Waals surface area contributed by atoms with Gasteiger partial charge in [0.2, 0.25) is 0 Å². The van der Waals surface area contributed by atoms with Crippen molar-refractivity contribution >= 4 is 8.32 Å². The van der Waals surface area contributed by atoms with Crippen LogP contribution in [0.4, 0.5) is 0 Å². The number of hydrogen-bond acceptors (Lipinski definition) is 3. The lowest BCUT2D eigenvalue weighted by atomic mass is 9.85. The van der Waals surface area contributed by atoms with Gasteiger partial charge in [-0.15, -0.1) is 0 Å². The first-order chi connectivity index (χ1) is 13.7. The highest BCUT2D eigenvalue weighted by atomic mass is 28.4. The summed E-state index contributed by atoms with van der Waals surface area (Å²) in [6.45, 7) is 14.5. The molecule has 29 heavy (non-hydrogen) atoms. The molecule has 0 radical (unpaired) electrons. The van der Waals surface area contributed by atoms with Gasteiger partial charge < -0.3 is 9.53 Å². The van der Waals surface area contributed by atoms with E-state index in [-0.39, 0.29) is 11.0 Å². The Kier molecular flexibility index (Phi) is 7.00. The highest BCUT2D eigenvalue weighted by Gasteiger charge is 2.41. The van der Waals surface area contributed by atoms with Gasteiger partial charge in [-0.05, 0) is 29.3 Å². The molecule has 0 unspecified atom stereocenters. The maximum atomic E-state index is 11.2. The van der Waals surface area contributed by atoms with Crippen molar-refractivity contribution in [3.63, 3.8) is 0 Å². The molecule has 2 aromatic rings. The van der Waals surface area contributed by atoms with E-state index in [9.17, 15) is 5.11 Å². The average Bonchev–Trinajstić information content (AvgIpc) is 3.10. The molecule has 158 valence electrons. The molecule has 3 rings (SSSR count). The van der Waals surface area contributed by atoms with Gasteiger partial charge in [-0.1, -0.05) is 81.4 Å². The van der Waals surface area contributed by atoms with Crippen LogP contribution in [0.5, 0.6) is 0 Å². The van der Waals surface area contributed by atoms with Gasteiger partial charge in [-0.25, -0.2) is 0 Å². The zero-order chi connectivity index (χ0) is 21.1. The van der Waals surface area contributed by atoms with Crippen molar-refractivity contribution in [3.8, 4) is 0 Å². The SMILES string of the molecule is CC(C)(C)[Si](C)(C)OC[C@@H](O)[C@H]1CN(Cc2ccccc2)C[C@@H]1c1ccccc1. The van der Waals surface area contributed by atoms with Gasteiger partial charge in [0.15, 0.2) is 8.32 Å². The number of rotatable bonds is 7. The minimum Gasteiger partial charge on any atom is -0.414 e. The molecule has 0 spiro atoms. The van der Waals surface area contributed by atoms with E-state index in [1.54, 1.807) is 0 Å². The fourth-order valence-corrected chi connectivity index (χ4v) is 4.98. The summed E-state index contributed by atoms with van der Waals surface area (Å²) in [5.74, 6) is 0.517. The van der Waals surface area contributed by atoms with E-state index in [1.807, 2.05) is 0 Å². The maximum absolute atomic E-state index is 11.2. The largest absolute Gasteiger partial charge is 0.414 e. The van der Waals surface area contributed by atoms with Gasteiger partial charge in [0.1, 0.15) is 0 Å². The second-order valence-corrected chi connectivity index (χ2v) is 14.8. The number of hydrogen-bond donors (Lipinski definition) is 1. The van der Waals surface area contributed by atoms with Gasteiger partial charge >= 0.3 is 0 Å². The van der Waals surface area contributed by atoms with Crippen molar-refractivity contribution in [1.82, 2.24) is 4.90 Å². The van der Waals surface area contributed by atoms with Crippen molar-refractivity contribution < 1.29 is 9.53 Å². The van der Waals surface area contributed by atoms with Crippen LogP contribution in [-0.2, 0) is 11.0 Å². The van der Waals surface area contributed by atoms with E-state index in [0.29, 0.717) is 12.5 Å². The highest BCUT2D eigenvalue weighted by molar-refractivity contribution is 6.74. The first-order valence-electron chi connectivity index (χ1n) is 10.8. The number of likely N-dealkylation sites (tertiary alicyclic amines) is 1. The van der Waals surface area contributed by atoms with E-state index in [1.165, 1.54) is 11.1 Å². The van der Waals surface area contributed by atoms with E-state index in [0.717, 1.165) is 19.6 Å². The number of aliphatic hydroxyl groups excluding tert-OH is 1. The molecule has 0 aromatic heterocycles. The molecule has 3 nitrogen and oxygen atoms in total. The van der Waals surface area contributed by atoms with E-state index in [2.05, 4.69) is 99.4 Å². The third-order valence-corrected chi connectivity index (χ3v) is 11.3. The predicted octanol–water partition coefficient (Wildman–Crippen LogP) is 5.28. The van der Waals surface area contributed by atoms with Crippen LogP contribution in [0.1, 0.15) is 37.8 Å². The summed E-state index contributed by atoms with van der Waals surface area (Å²) in [5.41, 5.74) is 2.64. The van der Waals surface area contributed by atoms with E-state index < -0.39 is 14.4 Å². The third kappa shape index (κ3) is 5.57. The molecule has 1 aliphatic rings. The van der Waals surface area contributed by atoms with Crippen LogP contribution in [0.3, 0.4) is 0 Å². The van der Waals surface area contributed by atoms with Crippen molar-refractivity contribution in [3.05, 3.63) is 71.8 Å². The molecule has 0 bridgehead atoms. The summed E-state index contributed by atoms with van der Waals surface area (Å²) < 4.78 is 6.38. The second-order valence-electron chi connectivity index (χ2n) is 10.00. The topological polar surface area (TPSA) is 32.7 Å². The third-order valence-electron chi connectivity index (χ3n) is 6.83. The Balaban J connectivity index is 1.72. The number of nitrogens with zero attached hydrogens (tertiary/aromatic N) is 1. The molecule has 1 saturated heterocycles. The lowest BCUT2D eigenvalue weighted by Gasteiger charge is -2.37. The maximum Gasteiger partial charge on any atom is 0.192 e. The molecule has 1 aliphatic heterocycles. The molecule has 0 saturated carbocycles. The van der Waals surface area contributed by atoms with Gasteiger partial charge in [0.05, 0.1) is 12.7 Å². The van der Waals surface area contributed by atoms with Gasteiger partial charge in [-0.3, -0.25) is 4.90 Å². The summed E-state index contributed by atoms with van der Waals surface area (Å²) in [6, 6.07) is 21.3. The Morgan fingerprint density at radius 3 is 2.17 bits per heavy atom. The van der Waals surface area contributed by atoms with Crippen molar-refractivity contribution in [1.29, 1.82) is 0 Å². The summed E-state index contributed by atoms with van der Waals surface area (Å²) in [4.78, 5) is 2.48. The second kappa shape index (κ2) is 9.13. The molecule has 4 heteroatoms. The lowest BCUT2D eigenvalue weighted by molar-refractivity contribution is 0.0489. The molecule has 1 heterocycles. The Hall–Kier alpha value is -1.46. The molecule has 2 aromatic carbocycles. The first-order valence-corrected chi connectivity index (χ1v) is 13.7. The van der Waals surface area contributed by atoms with Crippen LogP contribution in [0.2, 0.25) is 18.1 Å². The molecular formula is C25H37NO2Si. The number of benzene rings is 2. The Morgan fingerprint density at radius 2 is 1.59 bits per heavy atom. The summed E-state index contributed by atoms with van der Waals surface area (Å²) in [5, 5.41) is 11.3. The van der Waals surface area contributed by atoms with Gasteiger partial charge in [-0.2, -0.15) is 0 Å². The van der Waals surface area contributed by atoms with Crippen LogP contribution < -0.4 is 0 Å². The average molecular weight is 412 g/mol. The fraction of sp³-hybridized carbons (Fsp3) is 0.520. The zero-order valence-corrected chi connectivity index (χ0v) is 19.6. The van der Waals surface area contributed by atoms with Crippen molar-refractivity contribution in [2.24, 2.45) is 5.92 Å². The minimum atomic E-state index is -1.87. The van der Waals surface area contributed by atoms with Crippen molar-refractivity contribution in [2.75, 3.05) is 19.7 Å². The Bertz CT molecular complexity index is 757. The standard InChI is InChI=1S/C25H37NO2Si/c1-25(2,3)29(4,5)28-19-24(27)23-18-26(16-20-12-8-6-9-13-20)17-22(23)21-14-10-7-11-15-21/h6-15,22-24,27H,16-19H2,1-5H3/t22-,23+,24-/m1/s1. The van der Waals surface area contributed by atoms with Crippen LogP contribution in [-0.4, -0.2) is 44.1 Å². The predicted molar refractivity (Wildman–Crippen MR) is 124 cm³/mol. The molecule has 1 fully saturated rings. The van der Waals surface area contributed by atoms with Crippen LogP contribution in [0.25, 0.3) is 0 Å². The fourth-order valence-electron chi connectivity index (χ4n) is 3.96. The minimum absolute atomic E-state index is 0.153.